The second-order valence-corrected chi connectivity index (χ2v) is 4.60. The molecule has 0 aliphatic heterocycles. The zero-order valence-corrected chi connectivity index (χ0v) is 10.2. The molecule has 84 valence electrons. The number of hydrogen-bond donors (Lipinski definition) is 0. The fourth-order valence-corrected chi connectivity index (χ4v) is 2.32. The molecule has 3 nitrogen and oxygen atoms in total. The minimum absolute atomic E-state index is 0.581. The van der Waals surface area contributed by atoms with E-state index in [1.54, 1.807) is 6.07 Å². The standard InChI is InChI=1S/C13H11N3S/c1-10-3-2-4-11(7-10)9-17-13-12(8-14)5-6-15-16-13/h2-7H,9H2,1H3. The van der Waals surface area contributed by atoms with Gasteiger partial charge in [0.2, 0.25) is 0 Å². The molecule has 0 fully saturated rings. The van der Waals surface area contributed by atoms with Gasteiger partial charge in [-0.25, -0.2) is 0 Å². The lowest BCUT2D eigenvalue weighted by molar-refractivity contribution is 0.919. The number of hydrogen-bond acceptors (Lipinski definition) is 4. The van der Waals surface area contributed by atoms with Gasteiger partial charge in [0.15, 0.2) is 0 Å². The molecule has 0 saturated heterocycles. The predicted octanol–water partition coefficient (Wildman–Crippen LogP) is 2.95. The third kappa shape index (κ3) is 3.05. The van der Waals surface area contributed by atoms with E-state index in [1.807, 2.05) is 6.07 Å². The Morgan fingerprint density at radius 3 is 3.00 bits per heavy atom. The van der Waals surface area contributed by atoms with Crippen molar-refractivity contribution < 1.29 is 0 Å². The summed E-state index contributed by atoms with van der Waals surface area (Å²) in [7, 11) is 0. The highest BCUT2D eigenvalue weighted by atomic mass is 32.2. The third-order valence-corrected chi connectivity index (χ3v) is 3.32. The number of aryl methyl sites for hydroxylation is 1. The van der Waals surface area contributed by atoms with Gasteiger partial charge in [-0.3, -0.25) is 0 Å². The van der Waals surface area contributed by atoms with Gasteiger partial charge in [-0.15, -0.1) is 5.10 Å². The van der Waals surface area contributed by atoms with Crippen molar-refractivity contribution in [3.8, 4) is 6.07 Å². The van der Waals surface area contributed by atoms with Gasteiger partial charge in [-0.05, 0) is 18.6 Å². The van der Waals surface area contributed by atoms with Gasteiger partial charge in [-0.2, -0.15) is 10.4 Å². The third-order valence-electron chi connectivity index (χ3n) is 2.27. The van der Waals surface area contributed by atoms with Crippen molar-refractivity contribution in [2.24, 2.45) is 0 Å². The van der Waals surface area contributed by atoms with Crippen molar-refractivity contribution >= 4 is 11.8 Å². The van der Waals surface area contributed by atoms with Gasteiger partial charge in [-0.1, -0.05) is 41.6 Å². The average molecular weight is 241 g/mol. The highest BCUT2D eigenvalue weighted by Crippen LogP contribution is 2.23. The van der Waals surface area contributed by atoms with Crippen LogP contribution in [-0.2, 0) is 5.75 Å². The molecule has 4 heteroatoms. The number of aromatic nitrogens is 2. The maximum absolute atomic E-state index is 8.93. The summed E-state index contributed by atoms with van der Waals surface area (Å²) >= 11 is 1.54. The normalized spacial score (nSPS) is 9.88. The molecule has 1 heterocycles. The van der Waals surface area contributed by atoms with Crippen LogP contribution in [0.3, 0.4) is 0 Å². The summed E-state index contributed by atoms with van der Waals surface area (Å²) < 4.78 is 0. The first kappa shape index (κ1) is 11.6. The van der Waals surface area contributed by atoms with Crippen LogP contribution in [-0.4, -0.2) is 10.2 Å². The quantitative estimate of drug-likeness (QED) is 0.775. The lowest BCUT2D eigenvalue weighted by atomic mass is 10.2. The van der Waals surface area contributed by atoms with Crippen molar-refractivity contribution in [1.29, 1.82) is 5.26 Å². The van der Waals surface area contributed by atoms with E-state index in [-0.39, 0.29) is 0 Å². The lowest BCUT2D eigenvalue weighted by Crippen LogP contribution is -1.90. The van der Waals surface area contributed by atoms with Gasteiger partial charge >= 0.3 is 0 Å². The Labute approximate surface area is 105 Å². The molecule has 0 saturated carbocycles. The van der Waals surface area contributed by atoms with Crippen molar-refractivity contribution in [2.45, 2.75) is 17.7 Å². The fraction of sp³-hybridized carbons (Fsp3) is 0.154. The first-order chi connectivity index (χ1) is 8.29. The molecule has 0 spiro atoms. The first-order valence-electron chi connectivity index (χ1n) is 5.20. The summed E-state index contributed by atoms with van der Waals surface area (Å²) in [5.41, 5.74) is 3.05. The number of nitrogens with zero attached hydrogens (tertiary/aromatic N) is 3. The summed E-state index contributed by atoms with van der Waals surface area (Å²) in [5, 5.41) is 17.4. The van der Waals surface area contributed by atoms with E-state index in [0.29, 0.717) is 10.6 Å². The Hall–Kier alpha value is -1.86. The second kappa shape index (κ2) is 5.46. The smallest absolute Gasteiger partial charge is 0.137 e. The molecular formula is C13H11N3S. The molecule has 2 aromatic rings. The molecule has 0 atom stereocenters. The van der Waals surface area contributed by atoms with Gasteiger partial charge in [0.1, 0.15) is 11.1 Å². The Morgan fingerprint density at radius 2 is 2.24 bits per heavy atom. The van der Waals surface area contributed by atoms with Gasteiger partial charge in [0.05, 0.1) is 11.8 Å². The maximum atomic E-state index is 8.93. The molecule has 1 aromatic heterocycles. The van der Waals surface area contributed by atoms with Crippen molar-refractivity contribution in [3.05, 3.63) is 53.2 Å². The molecule has 0 radical (unpaired) electrons. The van der Waals surface area contributed by atoms with Crippen LogP contribution >= 0.6 is 11.8 Å². The molecule has 0 aliphatic rings. The minimum atomic E-state index is 0.581. The summed E-state index contributed by atoms with van der Waals surface area (Å²) in [6.07, 6.45) is 1.54. The van der Waals surface area contributed by atoms with Crippen LogP contribution in [0.25, 0.3) is 0 Å². The Balaban J connectivity index is 2.10. The first-order valence-corrected chi connectivity index (χ1v) is 6.18. The Bertz CT molecular complexity index is 561. The molecule has 0 aliphatic carbocycles. The second-order valence-electron chi connectivity index (χ2n) is 3.64. The number of nitriles is 1. The van der Waals surface area contributed by atoms with Crippen molar-refractivity contribution in [3.63, 3.8) is 0 Å². The minimum Gasteiger partial charge on any atom is -0.192 e. The van der Waals surface area contributed by atoms with Crippen LogP contribution in [0.4, 0.5) is 0 Å². The molecule has 0 amide bonds. The Kier molecular flexibility index (Phi) is 3.73. The lowest BCUT2D eigenvalue weighted by Gasteiger charge is -2.02. The molecule has 17 heavy (non-hydrogen) atoms. The van der Waals surface area contributed by atoms with Crippen LogP contribution < -0.4 is 0 Å². The van der Waals surface area contributed by atoms with E-state index in [4.69, 9.17) is 5.26 Å². The van der Waals surface area contributed by atoms with Crippen molar-refractivity contribution in [1.82, 2.24) is 10.2 Å². The maximum Gasteiger partial charge on any atom is 0.137 e. The summed E-state index contributed by atoms with van der Waals surface area (Å²) in [6.45, 7) is 2.07. The molecule has 2 rings (SSSR count). The van der Waals surface area contributed by atoms with Crippen LogP contribution in [0.15, 0.2) is 41.6 Å². The van der Waals surface area contributed by atoms with E-state index in [2.05, 4.69) is 41.4 Å². The fourth-order valence-electron chi connectivity index (χ4n) is 1.46. The largest absolute Gasteiger partial charge is 0.192 e. The number of rotatable bonds is 3. The highest BCUT2D eigenvalue weighted by Gasteiger charge is 2.04. The van der Waals surface area contributed by atoms with E-state index < -0.39 is 0 Å². The van der Waals surface area contributed by atoms with Crippen LogP contribution in [0.1, 0.15) is 16.7 Å². The molecule has 0 unspecified atom stereocenters. The van der Waals surface area contributed by atoms with Gasteiger partial charge in [0, 0.05) is 5.75 Å². The van der Waals surface area contributed by atoms with Gasteiger partial charge < -0.3 is 0 Å². The topological polar surface area (TPSA) is 49.6 Å². The molecule has 0 N–H and O–H groups in total. The zero-order chi connectivity index (χ0) is 12.1. The van der Waals surface area contributed by atoms with E-state index in [9.17, 15) is 0 Å². The van der Waals surface area contributed by atoms with E-state index in [0.717, 1.165) is 5.75 Å². The molecule has 0 bridgehead atoms. The summed E-state index contributed by atoms with van der Waals surface area (Å²) in [6, 6.07) is 12.1. The van der Waals surface area contributed by atoms with E-state index >= 15 is 0 Å². The van der Waals surface area contributed by atoms with Crippen molar-refractivity contribution in [2.75, 3.05) is 0 Å². The zero-order valence-electron chi connectivity index (χ0n) is 9.42. The van der Waals surface area contributed by atoms with Crippen LogP contribution in [0, 0.1) is 18.3 Å². The average Bonchev–Trinajstić information content (AvgIpc) is 2.37. The SMILES string of the molecule is Cc1cccc(CSc2nnccc2C#N)c1. The Morgan fingerprint density at radius 1 is 1.35 bits per heavy atom. The molecular weight excluding hydrogens is 230 g/mol. The highest BCUT2D eigenvalue weighted by molar-refractivity contribution is 7.98. The number of thioether (sulfide) groups is 1. The summed E-state index contributed by atoms with van der Waals surface area (Å²) in [5.74, 6) is 0.801. The number of benzene rings is 1. The monoisotopic (exact) mass is 241 g/mol. The molecule has 1 aromatic carbocycles. The van der Waals surface area contributed by atoms with Crippen LogP contribution in [0.5, 0.6) is 0 Å². The predicted molar refractivity (Wildman–Crippen MR) is 67.5 cm³/mol. The summed E-state index contributed by atoms with van der Waals surface area (Å²) in [4.78, 5) is 0. The van der Waals surface area contributed by atoms with Gasteiger partial charge in [0.25, 0.3) is 0 Å². The van der Waals surface area contributed by atoms with E-state index in [1.165, 1.54) is 29.1 Å². The van der Waals surface area contributed by atoms with Crippen LogP contribution in [0.2, 0.25) is 0 Å².